The highest BCUT2D eigenvalue weighted by atomic mass is 16.6. The van der Waals surface area contributed by atoms with Gasteiger partial charge < -0.3 is 15.4 Å². The Balaban J connectivity index is 2.93. The van der Waals surface area contributed by atoms with Crippen LogP contribution in [0.2, 0.25) is 0 Å². The molecule has 0 aliphatic heterocycles. The number of nitrogens with one attached hydrogen (secondary N) is 2. The van der Waals surface area contributed by atoms with Crippen LogP contribution in [0.5, 0.6) is 0 Å². The van der Waals surface area contributed by atoms with Crippen LogP contribution in [0.3, 0.4) is 0 Å². The summed E-state index contributed by atoms with van der Waals surface area (Å²) < 4.78 is 5.17. The maximum absolute atomic E-state index is 13.3. The lowest BCUT2D eigenvalue weighted by atomic mass is 9.91. The van der Waals surface area contributed by atoms with Crippen molar-refractivity contribution in [1.82, 2.24) is 10.6 Å². The third kappa shape index (κ3) is 13.5. The topological polar surface area (TPSA) is 102 Å². The summed E-state index contributed by atoms with van der Waals surface area (Å²) in [7, 11) is 0. The second-order valence-corrected chi connectivity index (χ2v) is 10.6. The van der Waals surface area contributed by atoms with Gasteiger partial charge in [-0.25, -0.2) is 4.79 Å². The first-order valence-corrected chi connectivity index (χ1v) is 12.3. The molecule has 1 rings (SSSR count). The second kappa shape index (κ2) is 14.4. The Hall–Kier alpha value is -2.96. The molecule has 0 fully saturated rings. The minimum atomic E-state index is -0.685. The molecule has 35 heavy (non-hydrogen) atoms. The Morgan fingerprint density at radius 2 is 1.66 bits per heavy atom. The average molecular weight is 487 g/mol. The van der Waals surface area contributed by atoms with E-state index in [9.17, 15) is 19.2 Å². The summed E-state index contributed by atoms with van der Waals surface area (Å²) in [5.74, 6) is -1.13. The van der Waals surface area contributed by atoms with Crippen molar-refractivity contribution >= 4 is 23.6 Å². The summed E-state index contributed by atoms with van der Waals surface area (Å²) in [5, 5.41) is 5.37. The number of ether oxygens (including phenoxy) is 1. The Bertz CT molecular complexity index is 871. The molecule has 2 N–H and O–H groups in total. The quantitative estimate of drug-likeness (QED) is 0.368. The standard InChI is InChI=1S/C28H42N2O5/c1-19(2)13-14-25(32)24(15-20(3)4)30-26(33)22(16-21-11-9-8-10-12-21)17-23(31)18-29-27(34)35-28(5,6)7/h8-12,20,22,24H,1,13-18H2,2-7H3,(H,29,34)(H,30,33). The number of carbonyl (C=O) groups is 4. The number of hydrogen-bond acceptors (Lipinski definition) is 5. The predicted octanol–water partition coefficient (Wildman–Crippen LogP) is 4.79. The highest BCUT2D eigenvalue weighted by Crippen LogP contribution is 2.17. The molecule has 0 aliphatic carbocycles. The van der Waals surface area contributed by atoms with Crippen molar-refractivity contribution in [1.29, 1.82) is 0 Å². The average Bonchev–Trinajstić information content (AvgIpc) is 2.74. The molecule has 0 aliphatic rings. The minimum absolute atomic E-state index is 0.0357. The van der Waals surface area contributed by atoms with Crippen LogP contribution in [0.15, 0.2) is 42.5 Å². The van der Waals surface area contributed by atoms with E-state index in [0.29, 0.717) is 25.7 Å². The number of alkyl carbamates (subject to hydrolysis) is 1. The normalized spacial score (nSPS) is 13.0. The molecule has 0 spiro atoms. The van der Waals surface area contributed by atoms with Gasteiger partial charge in [-0.3, -0.25) is 14.4 Å². The maximum atomic E-state index is 13.3. The minimum Gasteiger partial charge on any atom is -0.444 e. The van der Waals surface area contributed by atoms with Gasteiger partial charge in [0.15, 0.2) is 11.6 Å². The van der Waals surface area contributed by atoms with Crippen LogP contribution in [0.1, 0.15) is 72.8 Å². The molecule has 1 aromatic carbocycles. The van der Waals surface area contributed by atoms with E-state index in [1.54, 1.807) is 20.8 Å². The molecule has 0 radical (unpaired) electrons. The van der Waals surface area contributed by atoms with Crippen LogP contribution in [-0.4, -0.2) is 41.8 Å². The zero-order valence-corrected chi connectivity index (χ0v) is 22.1. The SMILES string of the molecule is C=C(C)CCC(=O)C(CC(C)C)NC(=O)C(CC(=O)CNC(=O)OC(C)(C)C)Cc1ccccc1. The predicted molar refractivity (Wildman–Crippen MR) is 138 cm³/mol. The van der Waals surface area contributed by atoms with Gasteiger partial charge in [0.05, 0.1) is 12.6 Å². The van der Waals surface area contributed by atoms with Crippen LogP contribution in [0.4, 0.5) is 4.79 Å². The zero-order valence-electron chi connectivity index (χ0n) is 22.1. The Morgan fingerprint density at radius 1 is 1.03 bits per heavy atom. The van der Waals surface area contributed by atoms with Gasteiger partial charge in [0.25, 0.3) is 0 Å². The van der Waals surface area contributed by atoms with Crippen molar-refractivity contribution in [3.05, 3.63) is 48.0 Å². The maximum Gasteiger partial charge on any atom is 0.408 e. The van der Waals surface area contributed by atoms with Gasteiger partial charge in [0.2, 0.25) is 5.91 Å². The molecular formula is C28H42N2O5. The van der Waals surface area contributed by atoms with E-state index in [0.717, 1.165) is 11.1 Å². The third-order valence-corrected chi connectivity index (χ3v) is 5.21. The van der Waals surface area contributed by atoms with E-state index < -0.39 is 23.7 Å². The van der Waals surface area contributed by atoms with E-state index in [1.807, 2.05) is 51.1 Å². The molecule has 0 aromatic heterocycles. The fourth-order valence-electron chi connectivity index (χ4n) is 3.53. The van der Waals surface area contributed by atoms with E-state index >= 15 is 0 Å². The van der Waals surface area contributed by atoms with E-state index in [4.69, 9.17) is 4.74 Å². The summed E-state index contributed by atoms with van der Waals surface area (Å²) in [6, 6.07) is 8.81. The fraction of sp³-hybridized carbons (Fsp3) is 0.571. The van der Waals surface area contributed by atoms with Crippen LogP contribution in [-0.2, 0) is 25.5 Å². The first-order chi connectivity index (χ1) is 16.3. The van der Waals surface area contributed by atoms with Crippen LogP contribution >= 0.6 is 0 Å². The van der Waals surface area contributed by atoms with Crippen LogP contribution in [0, 0.1) is 11.8 Å². The number of allylic oxidation sites excluding steroid dienone is 1. The molecule has 7 heteroatoms. The number of hydrogen-bond donors (Lipinski definition) is 2. The number of benzene rings is 1. The van der Waals surface area contributed by atoms with Gasteiger partial charge in [0.1, 0.15) is 5.60 Å². The highest BCUT2D eigenvalue weighted by molar-refractivity contribution is 5.93. The smallest absolute Gasteiger partial charge is 0.408 e. The number of rotatable bonds is 14. The molecule has 7 nitrogen and oxygen atoms in total. The molecule has 2 amide bonds. The number of ketones is 2. The molecular weight excluding hydrogens is 444 g/mol. The number of carbonyl (C=O) groups excluding carboxylic acids is 4. The summed E-state index contributed by atoms with van der Waals surface area (Å²) in [4.78, 5) is 50.7. The summed E-state index contributed by atoms with van der Waals surface area (Å²) in [6.45, 7) is 14.7. The fourth-order valence-corrected chi connectivity index (χ4v) is 3.53. The summed E-state index contributed by atoms with van der Waals surface area (Å²) in [6.07, 6.45) is 1.01. The molecule has 2 atom stereocenters. The van der Waals surface area contributed by atoms with Crippen molar-refractivity contribution in [2.24, 2.45) is 11.8 Å². The summed E-state index contributed by atoms with van der Waals surface area (Å²) >= 11 is 0. The Labute approximate surface area is 210 Å². The first kappa shape index (κ1) is 30.1. The largest absolute Gasteiger partial charge is 0.444 e. The van der Waals surface area contributed by atoms with Crippen molar-refractivity contribution in [3.63, 3.8) is 0 Å². The third-order valence-electron chi connectivity index (χ3n) is 5.21. The van der Waals surface area contributed by atoms with Crippen LogP contribution < -0.4 is 10.6 Å². The molecule has 0 saturated heterocycles. The second-order valence-electron chi connectivity index (χ2n) is 10.6. The first-order valence-electron chi connectivity index (χ1n) is 12.3. The van der Waals surface area contributed by atoms with Gasteiger partial charge in [0, 0.05) is 18.8 Å². The molecule has 0 saturated carbocycles. The summed E-state index contributed by atoms with van der Waals surface area (Å²) in [5.41, 5.74) is 1.15. The van der Waals surface area contributed by atoms with Gasteiger partial charge in [-0.2, -0.15) is 0 Å². The lowest BCUT2D eigenvalue weighted by Crippen LogP contribution is -2.45. The van der Waals surface area contributed by atoms with E-state index in [-0.39, 0.29) is 36.4 Å². The molecule has 194 valence electrons. The number of amides is 2. The van der Waals surface area contributed by atoms with Crippen molar-refractivity contribution in [2.75, 3.05) is 6.54 Å². The van der Waals surface area contributed by atoms with Gasteiger partial charge in [-0.15, -0.1) is 6.58 Å². The number of Topliss-reactive ketones (excluding diaryl/α,β-unsaturated/α-hetero) is 2. The lowest BCUT2D eigenvalue weighted by molar-refractivity contribution is -0.132. The van der Waals surface area contributed by atoms with E-state index in [1.165, 1.54) is 0 Å². The Kier molecular flexibility index (Phi) is 12.4. The lowest BCUT2D eigenvalue weighted by Gasteiger charge is -2.23. The van der Waals surface area contributed by atoms with Gasteiger partial charge >= 0.3 is 6.09 Å². The van der Waals surface area contributed by atoms with Crippen molar-refractivity contribution < 1.29 is 23.9 Å². The van der Waals surface area contributed by atoms with Gasteiger partial charge in [-0.1, -0.05) is 49.8 Å². The van der Waals surface area contributed by atoms with Crippen LogP contribution in [0.25, 0.3) is 0 Å². The monoisotopic (exact) mass is 486 g/mol. The van der Waals surface area contributed by atoms with Crippen molar-refractivity contribution in [3.8, 4) is 0 Å². The molecule has 2 unspecified atom stereocenters. The molecule has 1 aromatic rings. The molecule has 0 bridgehead atoms. The molecule has 0 heterocycles. The Morgan fingerprint density at radius 3 is 2.20 bits per heavy atom. The highest BCUT2D eigenvalue weighted by Gasteiger charge is 2.28. The van der Waals surface area contributed by atoms with Crippen molar-refractivity contribution in [2.45, 2.75) is 85.3 Å². The van der Waals surface area contributed by atoms with Gasteiger partial charge in [-0.05, 0) is 58.4 Å². The zero-order chi connectivity index (χ0) is 26.6. The van der Waals surface area contributed by atoms with E-state index in [2.05, 4.69) is 17.2 Å².